The van der Waals surface area contributed by atoms with Gasteiger partial charge in [-0.1, -0.05) is 10.2 Å². The Morgan fingerprint density at radius 2 is 0.917 bits per heavy atom. The second kappa shape index (κ2) is 17.2. The van der Waals surface area contributed by atoms with Gasteiger partial charge in [0.15, 0.2) is 0 Å². The van der Waals surface area contributed by atoms with Gasteiger partial charge in [-0.15, -0.1) is 0 Å². The molecule has 0 spiro atoms. The van der Waals surface area contributed by atoms with Gasteiger partial charge < -0.3 is 24.7 Å². The third-order valence-corrected chi connectivity index (χ3v) is 9.16. The van der Waals surface area contributed by atoms with E-state index in [2.05, 4.69) is 143 Å². The minimum absolute atomic E-state index is 0. The van der Waals surface area contributed by atoms with Crippen LogP contribution < -0.4 is 18.9 Å². The first-order valence-electron chi connectivity index (χ1n) is 17.0. The maximum Gasteiger partial charge on any atom is 0.421 e. The summed E-state index contributed by atoms with van der Waals surface area (Å²) in [4.78, 5) is 5.12. The van der Waals surface area contributed by atoms with E-state index in [9.17, 15) is 0 Å². The van der Waals surface area contributed by atoms with Crippen molar-refractivity contribution < 1.29 is 9.13 Å². The first-order valence-corrected chi connectivity index (χ1v) is 17.0. The third kappa shape index (κ3) is 8.20. The minimum atomic E-state index is 0. The van der Waals surface area contributed by atoms with Gasteiger partial charge in [-0.2, -0.15) is 0 Å². The van der Waals surface area contributed by atoms with Crippen LogP contribution in [0.4, 0.5) is 34.6 Å². The lowest BCUT2D eigenvalue weighted by atomic mass is 10.0. The molecule has 10 heteroatoms. The zero-order chi connectivity index (χ0) is 32.8. The maximum absolute atomic E-state index is 4.69. The predicted molar refractivity (Wildman–Crippen MR) is 199 cm³/mol. The van der Waals surface area contributed by atoms with Gasteiger partial charge in [0.2, 0.25) is 0 Å². The molecule has 10 nitrogen and oxygen atoms in total. The van der Waals surface area contributed by atoms with Crippen molar-refractivity contribution in [1.82, 2.24) is 9.13 Å². The van der Waals surface area contributed by atoms with Crippen LogP contribution in [0.2, 0.25) is 0 Å². The highest BCUT2D eigenvalue weighted by atomic mass is 15.3. The van der Waals surface area contributed by atoms with Crippen molar-refractivity contribution in [1.29, 1.82) is 0 Å². The van der Waals surface area contributed by atoms with Crippen molar-refractivity contribution in [2.75, 3.05) is 36.0 Å². The van der Waals surface area contributed by atoms with Crippen LogP contribution in [0.15, 0.2) is 69.5 Å². The van der Waals surface area contributed by atoms with Gasteiger partial charge in [-0.05, 0) is 115 Å². The number of hydrogen-bond donors (Lipinski definition) is 0. The molecule has 0 amide bonds. The van der Waals surface area contributed by atoms with Crippen LogP contribution in [0.5, 0.6) is 0 Å². The van der Waals surface area contributed by atoms with Gasteiger partial charge >= 0.3 is 11.9 Å². The van der Waals surface area contributed by atoms with E-state index < -0.39 is 0 Å². The van der Waals surface area contributed by atoms with Crippen LogP contribution in [0, 0.1) is 42.5 Å². The summed E-state index contributed by atoms with van der Waals surface area (Å²) < 4.78 is 8.51. The fraction of sp³-hybridized carbons (Fsp3) is 0.474. The summed E-state index contributed by atoms with van der Waals surface area (Å²) in [5.41, 5.74) is 9.29. The summed E-state index contributed by atoms with van der Waals surface area (Å²) in [6, 6.07) is 8.99. The lowest BCUT2D eigenvalue weighted by Crippen LogP contribution is -2.37. The standard InChI is InChI=1S/C36H52N10.2CH3/c1-9-41-19-20-42(10-2)35(41)39-37-31-23-29(7)33(25-27(31)5)45-15-13-17-46(18-14-16-45)34-26-28(6)32(24-30(34)8)38-40-36-43(11-3)21-22-44(36)12-4;;/h19-26H,9-18H2,1-8H3;2*1H3/q+2;2*-1. The van der Waals surface area contributed by atoms with E-state index in [1.807, 2.05) is 0 Å². The number of aryl methyl sites for hydroxylation is 8. The molecule has 0 radical (unpaired) electrons. The lowest BCUT2D eigenvalue weighted by molar-refractivity contribution is -0.680. The SMILES string of the molecule is CCn1cc[n+](CC)c1N=Nc1cc(C)c(N2CCCN(c3cc(C)c(N=Nc4n(CC)cc[n+]4CC)cc3C)CCC2)cc1C.[CH3-].[CH3-]. The molecule has 0 N–H and O–H groups in total. The van der Waals surface area contributed by atoms with Crippen LogP contribution in [-0.2, 0) is 26.2 Å². The van der Waals surface area contributed by atoms with Crippen LogP contribution in [0.3, 0.4) is 0 Å². The second-order valence-electron chi connectivity index (χ2n) is 12.3. The van der Waals surface area contributed by atoms with Gasteiger partial charge in [0.05, 0.1) is 51.0 Å². The fourth-order valence-electron chi connectivity index (χ4n) is 6.41. The van der Waals surface area contributed by atoms with Crippen LogP contribution in [-0.4, -0.2) is 35.3 Å². The highest BCUT2D eigenvalue weighted by Crippen LogP contribution is 2.33. The summed E-state index contributed by atoms with van der Waals surface area (Å²) in [5, 5.41) is 18.7. The molecule has 0 aliphatic carbocycles. The van der Waals surface area contributed by atoms with E-state index in [0.717, 1.165) is 99.6 Å². The Balaban J connectivity index is 0.00000312. The molecule has 4 aromatic rings. The Bertz CT molecular complexity index is 1530. The van der Waals surface area contributed by atoms with E-state index in [1.54, 1.807) is 0 Å². The van der Waals surface area contributed by atoms with Crippen LogP contribution >= 0.6 is 0 Å². The average molecular weight is 655 g/mol. The average Bonchev–Trinajstić information content (AvgIpc) is 3.64. The zero-order valence-corrected chi connectivity index (χ0v) is 31.2. The van der Waals surface area contributed by atoms with Crippen LogP contribution in [0.1, 0.15) is 62.8 Å². The van der Waals surface area contributed by atoms with Gasteiger partial charge in [0.1, 0.15) is 11.4 Å². The van der Waals surface area contributed by atoms with E-state index in [4.69, 9.17) is 10.2 Å². The van der Waals surface area contributed by atoms with Gasteiger partial charge in [0.25, 0.3) is 0 Å². The molecule has 0 unspecified atom stereocenters. The molecule has 1 aliphatic rings. The normalized spacial score (nSPS) is 13.9. The third-order valence-electron chi connectivity index (χ3n) is 9.16. The molecule has 48 heavy (non-hydrogen) atoms. The molecule has 0 bridgehead atoms. The van der Waals surface area contributed by atoms with Gasteiger partial charge in [-0.25, -0.2) is 18.3 Å². The van der Waals surface area contributed by atoms with E-state index >= 15 is 0 Å². The maximum atomic E-state index is 4.69. The van der Waals surface area contributed by atoms with E-state index in [1.165, 1.54) is 22.5 Å². The Labute approximate surface area is 289 Å². The topological polar surface area (TPSA) is 73.5 Å². The van der Waals surface area contributed by atoms with Gasteiger partial charge in [0, 0.05) is 47.8 Å². The van der Waals surface area contributed by atoms with Crippen molar-refractivity contribution in [3.8, 4) is 0 Å². The zero-order valence-electron chi connectivity index (χ0n) is 31.2. The monoisotopic (exact) mass is 654 g/mol. The summed E-state index contributed by atoms with van der Waals surface area (Å²) in [5.74, 6) is 1.77. The first-order chi connectivity index (χ1) is 22.3. The highest BCUT2D eigenvalue weighted by molar-refractivity contribution is 5.64. The van der Waals surface area contributed by atoms with E-state index in [0.29, 0.717) is 0 Å². The van der Waals surface area contributed by atoms with Crippen molar-refractivity contribution in [3.05, 3.63) is 86.2 Å². The molecule has 260 valence electrons. The molecule has 1 fully saturated rings. The summed E-state index contributed by atoms with van der Waals surface area (Å²) >= 11 is 0. The minimum Gasteiger partial charge on any atom is -0.371 e. The number of rotatable bonds is 10. The molecular weight excluding hydrogens is 596 g/mol. The largest absolute Gasteiger partial charge is 0.421 e. The molecule has 5 rings (SSSR count). The molecule has 0 saturated carbocycles. The van der Waals surface area contributed by atoms with Crippen molar-refractivity contribution in [2.45, 2.75) is 94.4 Å². The number of anilines is 2. The number of benzene rings is 2. The quantitative estimate of drug-likeness (QED) is 0.0973. The number of nitrogens with zero attached hydrogens (tertiary/aromatic N) is 10. The van der Waals surface area contributed by atoms with E-state index in [-0.39, 0.29) is 14.9 Å². The Hall–Kier alpha value is -4.34. The van der Waals surface area contributed by atoms with Crippen molar-refractivity contribution in [3.63, 3.8) is 0 Å². The Morgan fingerprint density at radius 3 is 1.25 bits per heavy atom. The summed E-state index contributed by atoms with van der Waals surface area (Å²) in [7, 11) is 0. The molecule has 0 atom stereocenters. The number of aromatic nitrogens is 4. The molecule has 1 aliphatic heterocycles. The fourth-order valence-corrected chi connectivity index (χ4v) is 6.41. The van der Waals surface area contributed by atoms with Crippen molar-refractivity contribution >= 4 is 34.6 Å². The molecule has 2 aromatic heterocycles. The van der Waals surface area contributed by atoms with Crippen LogP contribution in [0.25, 0.3) is 0 Å². The Morgan fingerprint density at radius 1 is 0.542 bits per heavy atom. The summed E-state index contributed by atoms with van der Waals surface area (Å²) in [6.07, 6.45) is 10.5. The number of hydrogen-bond acceptors (Lipinski definition) is 6. The molecule has 3 heterocycles. The second-order valence-corrected chi connectivity index (χ2v) is 12.3. The Kier molecular flexibility index (Phi) is 13.6. The molecule has 2 aromatic carbocycles. The van der Waals surface area contributed by atoms with Crippen molar-refractivity contribution in [2.24, 2.45) is 20.5 Å². The molecule has 1 saturated heterocycles. The molecular formula is C38H58N10. The first kappa shape index (κ1) is 38.1. The highest BCUT2D eigenvalue weighted by Gasteiger charge is 2.20. The number of imidazole rings is 2. The lowest BCUT2D eigenvalue weighted by Gasteiger charge is -2.34. The smallest absolute Gasteiger partial charge is 0.371 e. The van der Waals surface area contributed by atoms with Gasteiger partial charge in [-0.3, -0.25) is 0 Å². The predicted octanol–water partition coefficient (Wildman–Crippen LogP) is 9.02. The number of azo groups is 2. The summed E-state index contributed by atoms with van der Waals surface area (Å²) in [6.45, 7) is 24.8.